The zero-order valence-electron chi connectivity index (χ0n) is 20.5. The van der Waals surface area contributed by atoms with Gasteiger partial charge in [0.05, 0.1) is 43.9 Å². The molecule has 2 aliphatic heterocycles. The third kappa shape index (κ3) is 3.58. The number of nitriles is 1. The van der Waals surface area contributed by atoms with Crippen molar-refractivity contribution >= 4 is 34.9 Å². The third-order valence-corrected chi connectivity index (χ3v) is 6.22. The third-order valence-electron chi connectivity index (χ3n) is 6.22. The van der Waals surface area contributed by atoms with E-state index >= 15 is 0 Å². The fourth-order valence-corrected chi connectivity index (χ4v) is 4.53. The first-order valence-electron chi connectivity index (χ1n) is 11.0. The molecular weight excluding hydrogens is 478 g/mol. The molecule has 2 aromatic rings. The largest absolute Gasteiger partial charge is 0.497 e. The van der Waals surface area contributed by atoms with Crippen LogP contribution in [0.1, 0.15) is 6.92 Å². The van der Waals surface area contributed by atoms with Crippen molar-refractivity contribution in [1.29, 1.82) is 5.26 Å². The highest BCUT2D eigenvalue weighted by Crippen LogP contribution is 2.51. The van der Waals surface area contributed by atoms with Gasteiger partial charge >= 0.3 is 11.9 Å². The number of amides is 1. The molecule has 1 amide bonds. The molecule has 0 aromatic heterocycles. The standard InChI is InChI=1S/C26H23N5O6/c1-15-26(25(34)31(29-15)17-8-6-5-7-9-17)19(14-27)22(28)30(16-10-12-18(35-2)13-11-16)21(24(33)37-4)20(26)23(32)36-3/h5-13H,28H2,1-4H3. The van der Waals surface area contributed by atoms with Gasteiger partial charge in [0.1, 0.15) is 23.3 Å². The summed E-state index contributed by atoms with van der Waals surface area (Å²) in [5.41, 5.74) is 4.03. The second-order valence-corrected chi connectivity index (χ2v) is 8.00. The number of ether oxygens (including phenoxy) is 3. The van der Waals surface area contributed by atoms with Gasteiger partial charge < -0.3 is 19.9 Å². The number of rotatable bonds is 5. The van der Waals surface area contributed by atoms with Gasteiger partial charge in [0.25, 0.3) is 5.91 Å². The maximum absolute atomic E-state index is 14.2. The van der Waals surface area contributed by atoms with Crippen LogP contribution in [0.4, 0.5) is 11.4 Å². The van der Waals surface area contributed by atoms with Crippen molar-refractivity contribution in [2.45, 2.75) is 6.92 Å². The average Bonchev–Trinajstić information content (AvgIpc) is 3.18. The van der Waals surface area contributed by atoms with Crippen LogP contribution in [-0.4, -0.2) is 44.9 Å². The normalized spacial score (nSPS) is 19.1. The van der Waals surface area contributed by atoms with Crippen molar-refractivity contribution in [2.75, 3.05) is 31.2 Å². The summed E-state index contributed by atoms with van der Waals surface area (Å²) < 4.78 is 15.3. The number of hydrazone groups is 1. The zero-order valence-corrected chi connectivity index (χ0v) is 20.5. The number of esters is 2. The zero-order chi connectivity index (χ0) is 26.9. The molecule has 0 aliphatic carbocycles. The Labute approximate surface area is 212 Å². The minimum absolute atomic E-state index is 0.0528. The molecule has 37 heavy (non-hydrogen) atoms. The van der Waals surface area contributed by atoms with Crippen molar-refractivity contribution < 1.29 is 28.6 Å². The van der Waals surface area contributed by atoms with E-state index in [9.17, 15) is 19.6 Å². The smallest absolute Gasteiger partial charge is 0.355 e. The molecule has 2 N–H and O–H groups in total. The first kappa shape index (κ1) is 25.0. The predicted octanol–water partition coefficient (Wildman–Crippen LogP) is 2.22. The summed E-state index contributed by atoms with van der Waals surface area (Å²) in [4.78, 5) is 42.0. The van der Waals surface area contributed by atoms with Gasteiger partial charge in [-0.3, -0.25) is 9.69 Å². The molecule has 11 heteroatoms. The molecule has 0 radical (unpaired) electrons. The van der Waals surface area contributed by atoms with Crippen LogP contribution in [-0.2, 0) is 23.9 Å². The summed E-state index contributed by atoms with van der Waals surface area (Å²) in [6.07, 6.45) is 0. The van der Waals surface area contributed by atoms with Crippen molar-refractivity contribution in [1.82, 2.24) is 0 Å². The van der Waals surface area contributed by atoms with Crippen molar-refractivity contribution in [2.24, 2.45) is 16.3 Å². The molecule has 0 fully saturated rings. The number of anilines is 2. The van der Waals surface area contributed by atoms with Crippen LogP contribution >= 0.6 is 0 Å². The molecule has 11 nitrogen and oxygen atoms in total. The molecule has 2 aromatic carbocycles. The molecule has 0 saturated heterocycles. The van der Waals surface area contributed by atoms with E-state index < -0.39 is 28.8 Å². The molecular formula is C26H23N5O6. The fraction of sp³-hybridized carbons (Fsp3) is 0.192. The Kier molecular flexibility index (Phi) is 6.42. The molecule has 1 spiro atoms. The van der Waals surface area contributed by atoms with Crippen LogP contribution in [0, 0.1) is 16.7 Å². The van der Waals surface area contributed by atoms with Crippen LogP contribution in [0.3, 0.4) is 0 Å². The SMILES string of the molecule is COC(=O)C1=C(C(=O)OC)C2(C(=O)N(c3ccccc3)N=C2C)C(C#N)=C(N)N1c1ccc(OC)cc1. The van der Waals surface area contributed by atoms with Gasteiger partial charge in [-0.2, -0.15) is 15.4 Å². The van der Waals surface area contributed by atoms with Crippen LogP contribution in [0.5, 0.6) is 5.75 Å². The minimum atomic E-state index is -2.13. The molecule has 0 bridgehead atoms. The first-order chi connectivity index (χ1) is 17.8. The molecule has 2 aliphatic rings. The summed E-state index contributed by atoms with van der Waals surface area (Å²) in [6, 6.07) is 16.8. The van der Waals surface area contributed by atoms with Crippen molar-refractivity contribution in [3.63, 3.8) is 0 Å². The van der Waals surface area contributed by atoms with E-state index in [1.165, 1.54) is 18.9 Å². The Morgan fingerprint density at radius 3 is 2.14 bits per heavy atom. The van der Waals surface area contributed by atoms with E-state index in [1.54, 1.807) is 54.6 Å². The van der Waals surface area contributed by atoms with Crippen molar-refractivity contribution in [3.05, 3.63) is 77.3 Å². The van der Waals surface area contributed by atoms with Gasteiger partial charge in [-0.1, -0.05) is 18.2 Å². The summed E-state index contributed by atoms with van der Waals surface area (Å²) >= 11 is 0. The van der Waals surface area contributed by atoms with Crippen LogP contribution in [0.2, 0.25) is 0 Å². The number of hydrogen-bond donors (Lipinski definition) is 1. The maximum Gasteiger partial charge on any atom is 0.355 e. The summed E-state index contributed by atoms with van der Waals surface area (Å²) in [6.45, 7) is 1.48. The van der Waals surface area contributed by atoms with E-state index in [1.807, 2.05) is 6.07 Å². The highest BCUT2D eigenvalue weighted by atomic mass is 16.5. The lowest BCUT2D eigenvalue weighted by Crippen LogP contribution is -2.53. The van der Waals surface area contributed by atoms with Gasteiger partial charge in [-0.15, -0.1) is 0 Å². The topological polar surface area (TPSA) is 148 Å². The Morgan fingerprint density at radius 1 is 0.973 bits per heavy atom. The number of nitrogens with zero attached hydrogens (tertiary/aromatic N) is 4. The highest BCUT2D eigenvalue weighted by Gasteiger charge is 2.63. The van der Waals surface area contributed by atoms with E-state index in [2.05, 4.69) is 5.10 Å². The Morgan fingerprint density at radius 2 is 1.59 bits per heavy atom. The number of carbonyl (C=O) groups excluding carboxylic acids is 3. The second-order valence-electron chi connectivity index (χ2n) is 8.00. The number of hydrogen-bond acceptors (Lipinski definition) is 10. The quantitative estimate of drug-likeness (QED) is 0.609. The van der Waals surface area contributed by atoms with Gasteiger partial charge in [0.2, 0.25) is 0 Å². The summed E-state index contributed by atoms with van der Waals surface area (Å²) in [7, 11) is 3.71. The number of methoxy groups -OCH3 is 3. The summed E-state index contributed by atoms with van der Waals surface area (Å²) in [5.74, 6) is -2.51. The number of nitrogens with two attached hydrogens (primary N) is 1. The Hall–Kier alpha value is -5.11. The number of carbonyl (C=O) groups is 3. The van der Waals surface area contributed by atoms with E-state index in [0.29, 0.717) is 17.1 Å². The lowest BCUT2D eigenvalue weighted by molar-refractivity contribution is -0.141. The maximum atomic E-state index is 14.2. The van der Waals surface area contributed by atoms with Crippen LogP contribution < -0.4 is 20.4 Å². The minimum Gasteiger partial charge on any atom is -0.497 e. The monoisotopic (exact) mass is 501 g/mol. The van der Waals surface area contributed by atoms with E-state index in [4.69, 9.17) is 19.9 Å². The van der Waals surface area contributed by atoms with E-state index in [0.717, 1.165) is 19.2 Å². The van der Waals surface area contributed by atoms with Crippen LogP contribution in [0.15, 0.2) is 82.4 Å². The fourth-order valence-electron chi connectivity index (χ4n) is 4.53. The Bertz CT molecular complexity index is 1420. The molecule has 4 rings (SSSR count). The van der Waals surface area contributed by atoms with Crippen molar-refractivity contribution in [3.8, 4) is 11.8 Å². The van der Waals surface area contributed by atoms with Gasteiger partial charge in [0, 0.05) is 5.69 Å². The molecule has 2 heterocycles. The highest BCUT2D eigenvalue weighted by molar-refractivity contribution is 6.29. The number of para-hydroxylation sites is 1. The van der Waals surface area contributed by atoms with Crippen LogP contribution in [0.25, 0.3) is 0 Å². The summed E-state index contributed by atoms with van der Waals surface area (Å²) in [5, 5.41) is 15.8. The molecule has 1 atom stereocenters. The second kappa shape index (κ2) is 9.50. The molecule has 188 valence electrons. The van der Waals surface area contributed by atoms with E-state index in [-0.39, 0.29) is 22.8 Å². The number of benzene rings is 2. The average molecular weight is 501 g/mol. The predicted molar refractivity (Wildman–Crippen MR) is 133 cm³/mol. The first-order valence-corrected chi connectivity index (χ1v) is 11.0. The van der Waals surface area contributed by atoms with Gasteiger partial charge in [-0.25, -0.2) is 9.59 Å². The van der Waals surface area contributed by atoms with Gasteiger partial charge in [-0.05, 0) is 43.3 Å². The van der Waals surface area contributed by atoms with Gasteiger partial charge in [0.15, 0.2) is 5.41 Å². The molecule has 1 unspecified atom stereocenters. The molecule has 0 saturated carbocycles. The lowest BCUT2D eigenvalue weighted by atomic mass is 9.67. The lowest BCUT2D eigenvalue weighted by Gasteiger charge is -2.40. The Balaban J connectivity index is 2.09.